The van der Waals surface area contributed by atoms with Crippen LogP contribution in [0.4, 0.5) is 0 Å². The Morgan fingerprint density at radius 1 is 1.37 bits per heavy atom. The molecule has 2 radical (unpaired) electrons. The maximum absolute atomic E-state index is 5.83. The molecular weight excluding hydrogens is 252 g/mol. The average molecular weight is 276 g/mol. The van der Waals surface area contributed by atoms with E-state index in [1.807, 2.05) is 12.1 Å². The molecule has 1 aromatic carbocycles. The number of benzene rings is 1. The van der Waals surface area contributed by atoms with E-state index in [2.05, 4.69) is 38.6 Å². The lowest BCUT2D eigenvalue weighted by Gasteiger charge is -2.19. The summed E-state index contributed by atoms with van der Waals surface area (Å²) in [7, 11) is 2.27. The summed E-state index contributed by atoms with van der Waals surface area (Å²) in [5.74, 6) is 0. The minimum absolute atomic E-state index is 0.267. The molecule has 0 spiro atoms. The monoisotopic (exact) mass is 276 g/mol. The number of rotatable bonds is 9. The molecule has 1 rings (SSSR count). The van der Waals surface area contributed by atoms with Crippen molar-refractivity contribution >= 4 is 15.8 Å². The Bertz CT molecular complexity index is 379. The molecular formula is C16H24O2Si. The standard InChI is InChI=1S/C16H24O2Si/c1-5-14-9-7-8-10-15(14)11-12-18-19-16(6-2)13(3)17-4/h5,7-10,13,16H,1,6,11-12H2,2-4H3. The summed E-state index contributed by atoms with van der Waals surface area (Å²) in [4.78, 5) is 0. The van der Waals surface area contributed by atoms with Gasteiger partial charge in [0.05, 0.1) is 6.10 Å². The van der Waals surface area contributed by atoms with Crippen LogP contribution in [-0.4, -0.2) is 29.6 Å². The summed E-state index contributed by atoms with van der Waals surface area (Å²) in [6, 6.07) is 8.33. The van der Waals surface area contributed by atoms with E-state index in [4.69, 9.17) is 9.16 Å². The molecule has 0 aliphatic heterocycles. The molecule has 0 saturated carbocycles. The molecule has 0 bridgehead atoms. The number of hydrogen-bond donors (Lipinski definition) is 0. The Balaban J connectivity index is 2.36. The summed E-state index contributed by atoms with van der Waals surface area (Å²) in [6.45, 7) is 8.89. The zero-order valence-electron chi connectivity index (χ0n) is 12.2. The molecule has 0 aliphatic rings. The molecule has 0 aromatic heterocycles. The Morgan fingerprint density at radius 2 is 2.11 bits per heavy atom. The van der Waals surface area contributed by atoms with E-state index in [1.54, 1.807) is 7.11 Å². The molecule has 0 saturated heterocycles. The number of hydrogen-bond acceptors (Lipinski definition) is 2. The SMILES string of the molecule is C=Cc1ccccc1CCO[Si]C(CC)C(C)OC. The van der Waals surface area contributed by atoms with Crippen LogP contribution in [0.3, 0.4) is 0 Å². The van der Waals surface area contributed by atoms with Crippen LogP contribution in [0.5, 0.6) is 0 Å². The van der Waals surface area contributed by atoms with E-state index >= 15 is 0 Å². The van der Waals surface area contributed by atoms with Gasteiger partial charge in [-0.05, 0) is 24.5 Å². The van der Waals surface area contributed by atoms with Crippen molar-refractivity contribution in [3.63, 3.8) is 0 Å². The fraction of sp³-hybridized carbons (Fsp3) is 0.500. The van der Waals surface area contributed by atoms with Crippen molar-refractivity contribution < 1.29 is 9.16 Å². The first-order valence-corrected chi connectivity index (χ1v) is 7.81. The number of ether oxygens (including phenoxy) is 1. The Hall–Kier alpha value is -0.903. The number of methoxy groups -OCH3 is 1. The van der Waals surface area contributed by atoms with Crippen LogP contribution in [0, 0.1) is 0 Å². The minimum Gasteiger partial charge on any atom is -0.417 e. The van der Waals surface area contributed by atoms with Crippen molar-refractivity contribution in [1.82, 2.24) is 0 Å². The first kappa shape index (κ1) is 16.2. The highest BCUT2D eigenvalue weighted by molar-refractivity contribution is 6.29. The quantitative estimate of drug-likeness (QED) is 0.505. The van der Waals surface area contributed by atoms with Gasteiger partial charge in [-0.3, -0.25) is 0 Å². The fourth-order valence-electron chi connectivity index (χ4n) is 1.96. The smallest absolute Gasteiger partial charge is 0.235 e. The molecule has 2 nitrogen and oxygen atoms in total. The van der Waals surface area contributed by atoms with Crippen LogP contribution < -0.4 is 0 Å². The van der Waals surface area contributed by atoms with Gasteiger partial charge in [-0.25, -0.2) is 0 Å². The normalized spacial score (nSPS) is 14.1. The Morgan fingerprint density at radius 3 is 2.74 bits per heavy atom. The van der Waals surface area contributed by atoms with Gasteiger partial charge in [0.15, 0.2) is 0 Å². The Kier molecular flexibility index (Phi) is 7.71. The van der Waals surface area contributed by atoms with Gasteiger partial charge in [0.2, 0.25) is 9.76 Å². The highest BCUT2D eigenvalue weighted by Crippen LogP contribution is 2.17. The highest BCUT2D eigenvalue weighted by atomic mass is 28.2. The van der Waals surface area contributed by atoms with E-state index < -0.39 is 0 Å². The summed E-state index contributed by atoms with van der Waals surface area (Å²) < 4.78 is 11.2. The molecule has 0 heterocycles. The van der Waals surface area contributed by atoms with Gasteiger partial charge in [-0.1, -0.05) is 50.3 Å². The topological polar surface area (TPSA) is 18.5 Å². The van der Waals surface area contributed by atoms with Crippen LogP contribution in [0.2, 0.25) is 5.54 Å². The largest absolute Gasteiger partial charge is 0.417 e. The van der Waals surface area contributed by atoms with Crippen LogP contribution in [0.15, 0.2) is 30.8 Å². The van der Waals surface area contributed by atoms with Gasteiger partial charge in [0.25, 0.3) is 0 Å². The van der Waals surface area contributed by atoms with Crippen LogP contribution in [0.1, 0.15) is 31.4 Å². The van der Waals surface area contributed by atoms with E-state index in [9.17, 15) is 0 Å². The summed E-state index contributed by atoms with van der Waals surface area (Å²) in [6.07, 6.45) is 4.20. The van der Waals surface area contributed by atoms with Crippen molar-refractivity contribution in [3.8, 4) is 0 Å². The zero-order valence-corrected chi connectivity index (χ0v) is 13.2. The minimum atomic E-state index is 0.267. The zero-order chi connectivity index (χ0) is 14.1. The van der Waals surface area contributed by atoms with Crippen LogP contribution in [-0.2, 0) is 15.6 Å². The summed E-state index contributed by atoms with van der Waals surface area (Å²) in [5.41, 5.74) is 3.00. The van der Waals surface area contributed by atoms with Gasteiger partial charge in [0.1, 0.15) is 0 Å². The predicted octanol–water partition coefficient (Wildman–Crippen LogP) is 3.74. The third kappa shape index (κ3) is 5.31. The van der Waals surface area contributed by atoms with Crippen molar-refractivity contribution in [2.24, 2.45) is 0 Å². The summed E-state index contributed by atoms with van der Waals surface area (Å²) >= 11 is 0. The average Bonchev–Trinajstić information content (AvgIpc) is 2.47. The molecule has 3 heteroatoms. The van der Waals surface area contributed by atoms with Gasteiger partial charge in [-0.15, -0.1) is 0 Å². The van der Waals surface area contributed by atoms with Gasteiger partial charge in [-0.2, -0.15) is 0 Å². The van der Waals surface area contributed by atoms with Crippen molar-refractivity contribution in [2.75, 3.05) is 13.7 Å². The molecule has 104 valence electrons. The molecule has 0 aliphatic carbocycles. The first-order chi connectivity index (χ1) is 9.22. The van der Waals surface area contributed by atoms with Crippen LogP contribution >= 0.6 is 0 Å². The van der Waals surface area contributed by atoms with E-state index in [1.165, 1.54) is 11.1 Å². The van der Waals surface area contributed by atoms with E-state index in [0.29, 0.717) is 15.3 Å². The van der Waals surface area contributed by atoms with Crippen LogP contribution in [0.25, 0.3) is 6.08 Å². The second kappa shape index (κ2) is 9.07. The van der Waals surface area contributed by atoms with Gasteiger partial charge in [0, 0.05) is 19.3 Å². The molecule has 0 amide bonds. The lowest BCUT2D eigenvalue weighted by molar-refractivity contribution is 0.105. The second-order valence-corrected chi connectivity index (χ2v) is 5.84. The molecule has 2 atom stereocenters. The molecule has 0 N–H and O–H groups in total. The Labute approximate surface area is 119 Å². The fourth-order valence-corrected chi connectivity index (χ4v) is 2.89. The lowest BCUT2D eigenvalue weighted by atomic mass is 10.1. The maximum Gasteiger partial charge on any atom is 0.235 e. The third-order valence-electron chi connectivity index (χ3n) is 3.36. The van der Waals surface area contributed by atoms with E-state index in [-0.39, 0.29) is 6.10 Å². The maximum atomic E-state index is 5.83. The molecule has 2 unspecified atom stereocenters. The van der Waals surface area contributed by atoms with Gasteiger partial charge < -0.3 is 9.16 Å². The van der Waals surface area contributed by atoms with Crippen molar-refractivity contribution in [2.45, 2.75) is 38.3 Å². The van der Waals surface area contributed by atoms with E-state index in [0.717, 1.165) is 19.4 Å². The molecule has 1 aromatic rings. The summed E-state index contributed by atoms with van der Waals surface area (Å²) in [5, 5.41) is 0. The first-order valence-electron chi connectivity index (χ1n) is 6.83. The highest BCUT2D eigenvalue weighted by Gasteiger charge is 2.16. The third-order valence-corrected chi connectivity index (χ3v) is 4.91. The van der Waals surface area contributed by atoms with Gasteiger partial charge >= 0.3 is 0 Å². The molecule has 0 fully saturated rings. The van der Waals surface area contributed by atoms with Crippen molar-refractivity contribution in [1.29, 1.82) is 0 Å². The molecule has 19 heavy (non-hydrogen) atoms. The second-order valence-electron chi connectivity index (χ2n) is 4.57. The predicted molar refractivity (Wildman–Crippen MR) is 82.5 cm³/mol. The lowest BCUT2D eigenvalue weighted by Crippen LogP contribution is -2.21. The van der Waals surface area contributed by atoms with Crippen molar-refractivity contribution in [3.05, 3.63) is 42.0 Å².